The first kappa shape index (κ1) is 18.5. The number of aliphatic hydroxyl groups excluding tert-OH is 1. The van der Waals surface area contributed by atoms with Gasteiger partial charge in [-0.15, -0.1) is 0 Å². The van der Waals surface area contributed by atoms with E-state index in [1.165, 1.54) is 11.6 Å². The number of para-hydroxylation sites is 2. The molecular weight excluding hydrogens is 356 g/mol. The molecule has 0 spiro atoms. The number of nitrogens with one attached hydrogen (secondary N) is 1. The molecule has 1 heterocycles. The number of aromatic nitrogens is 2. The Morgan fingerprint density at radius 1 is 1.15 bits per heavy atom. The van der Waals surface area contributed by atoms with E-state index in [2.05, 4.69) is 10.4 Å². The van der Waals surface area contributed by atoms with E-state index in [0.29, 0.717) is 11.4 Å². The van der Waals surface area contributed by atoms with Gasteiger partial charge in [0.25, 0.3) is 0 Å². The molecule has 0 aliphatic heterocycles. The van der Waals surface area contributed by atoms with Crippen molar-refractivity contribution < 1.29 is 23.4 Å². The number of halogens is 2. The van der Waals surface area contributed by atoms with Gasteiger partial charge in [0.15, 0.2) is 0 Å². The fourth-order valence-electron chi connectivity index (χ4n) is 2.54. The maximum Gasteiger partial charge on any atom is 0.418 e. The van der Waals surface area contributed by atoms with E-state index in [0.717, 1.165) is 0 Å². The number of aliphatic hydroxyl groups is 1. The van der Waals surface area contributed by atoms with Gasteiger partial charge in [-0.05, 0) is 31.2 Å². The van der Waals surface area contributed by atoms with E-state index in [9.17, 15) is 13.6 Å². The van der Waals surface area contributed by atoms with Crippen LogP contribution in [0.5, 0.6) is 5.75 Å². The molecule has 0 radical (unpaired) electrons. The Bertz CT molecular complexity index is 928. The third-order valence-electron chi connectivity index (χ3n) is 3.84. The van der Waals surface area contributed by atoms with Gasteiger partial charge in [0.1, 0.15) is 23.9 Å². The summed E-state index contributed by atoms with van der Waals surface area (Å²) in [5, 5.41) is 15.4. The summed E-state index contributed by atoms with van der Waals surface area (Å²) in [6.07, 6.45) is -0.847. The van der Waals surface area contributed by atoms with Crippen molar-refractivity contribution in [2.45, 2.75) is 12.8 Å². The lowest BCUT2D eigenvalue weighted by Gasteiger charge is -2.11. The SMILES string of the molecule is Cc1c(C(F)(F)CO)nn(-c2ccccc2)c1NC(=O)Oc1ccccc1. The molecule has 1 aromatic heterocycles. The van der Waals surface area contributed by atoms with Gasteiger partial charge in [-0.3, -0.25) is 5.32 Å². The second-order valence-electron chi connectivity index (χ2n) is 5.76. The number of hydrogen-bond donors (Lipinski definition) is 2. The Morgan fingerprint density at radius 2 is 1.74 bits per heavy atom. The topological polar surface area (TPSA) is 76.4 Å². The Balaban J connectivity index is 1.98. The number of alkyl halides is 2. The Kier molecular flexibility index (Phi) is 5.18. The van der Waals surface area contributed by atoms with Crippen molar-refractivity contribution in [3.8, 4) is 11.4 Å². The zero-order valence-electron chi connectivity index (χ0n) is 14.4. The average Bonchev–Trinajstić information content (AvgIpc) is 3.00. The summed E-state index contributed by atoms with van der Waals surface area (Å²) in [7, 11) is 0. The highest BCUT2D eigenvalue weighted by Crippen LogP contribution is 2.34. The first-order valence-corrected chi connectivity index (χ1v) is 8.10. The third-order valence-corrected chi connectivity index (χ3v) is 3.84. The lowest BCUT2D eigenvalue weighted by atomic mass is 10.1. The highest BCUT2D eigenvalue weighted by atomic mass is 19.3. The molecule has 8 heteroatoms. The van der Waals surface area contributed by atoms with Crippen LogP contribution in [0, 0.1) is 6.92 Å². The molecule has 0 bridgehead atoms. The van der Waals surface area contributed by atoms with E-state index >= 15 is 0 Å². The standard InChI is InChI=1S/C19H17F2N3O3/c1-13-16(19(20,21)12-25)23-24(14-8-4-2-5-9-14)17(13)22-18(26)27-15-10-6-3-7-11-15/h2-11,25H,12H2,1H3,(H,22,26). The zero-order chi connectivity index (χ0) is 19.4. The van der Waals surface area contributed by atoms with Crippen molar-refractivity contribution in [2.24, 2.45) is 0 Å². The van der Waals surface area contributed by atoms with Crippen LogP contribution in [-0.4, -0.2) is 27.6 Å². The monoisotopic (exact) mass is 373 g/mol. The smallest absolute Gasteiger partial charge is 0.410 e. The molecule has 2 N–H and O–H groups in total. The molecule has 0 aliphatic rings. The third kappa shape index (κ3) is 3.95. The molecule has 0 atom stereocenters. The van der Waals surface area contributed by atoms with Crippen molar-refractivity contribution in [1.82, 2.24) is 9.78 Å². The van der Waals surface area contributed by atoms with Gasteiger partial charge < -0.3 is 9.84 Å². The van der Waals surface area contributed by atoms with Crippen LogP contribution < -0.4 is 10.1 Å². The summed E-state index contributed by atoms with van der Waals surface area (Å²) >= 11 is 0. The minimum Gasteiger partial charge on any atom is -0.410 e. The van der Waals surface area contributed by atoms with Crippen LogP contribution >= 0.6 is 0 Å². The minimum atomic E-state index is -3.55. The summed E-state index contributed by atoms with van der Waals surface area (Å²) in [5.41, 5.74) is -0.123. The number of benzene rings is 2. The van der Waals surface area contributed by atoms with Crippen LogP contribution in [0.25, 0.3) is 5.69 Å². The molecule has 0 saturated carbocycles. The van der Waals surface area contributed by atoms with Crippen molar-refractivity contribution >= 4 is 11.9 Å². The number of anilines is 1. The molecule has 3 rings (SSSR count). The van der Waals surface area contributed by atoms with Crippen molar-refractivity contribution in [3.05, 3.63) is 71.9 Å². The van der Waals surface area contributed by atoms with Crippen LogP contribution in [0.15, 0.2) is 60.7 Å². The first-order chi connectivity index (χ1) is 12.9. The number of hydrogen-bond acceptors (Lipinski definition) is 4. The number of carbonyl (C=O) groups is 1. The maximum absolute atomic E-state index is 14.1. The number of rotatable bonds is 5. The van der Waals surface area contributed by atoms with E-state index < -0.39 is 24.3 Å². The molecule has 0 aliphatic carbocycles. The summed E-state index contributed by atoms with van der Waals surface area (Å²) in [6, 6.07) is 16.8. The highest BCUT2D eigenvalue weighted by Gasteiger charge is 2.38. The second-order valence-corrected chi connectivity index (χ2v) is 5.76. The van der Waals surface area contributed by atoms with Crippen molar-refractivity contribution in [1.29, 1.82) is 0 Å². The van der Waals surface area contributed by atoms with E-state index in [-0.39, 0.29) is 11.4 Å². The number of amides is 1. The lowest BCUT2D eigenvalue weighted by molar-refractivity contribution is -0.0599. The van der Waals surface area contributed by atoms with Crippen molar-refractivity contribution in [2.75, 3.05) is 11.9 Å². The van der Waals surface area contributed by atoms with E-state index in [1.54, 1.807) is 60.7 Å². The summed E-state index contributed by atoms with van der Waals surface area (Å²) in [6.45, 7) is -0.00296. The molecule has 2 aromatic carbocycles. The minimum absolute atomic E-state index is 0.0305. The lowest BCUT2D eigenvalue weighted by Crippen LogP contribution is -2.20. The average molecular weight is 373 g/mol. The normalized spacial score (nSPS) is 11.3. The quantitative estimate of drug-likeness (QED) is 0.712. The number of nitrogens with zero attached hydrogens (tertiary/aromatic N) is 2. The number of ether oxygens (including phenoxy) is 1. The molecule has 140 valence electrons. The Labute approximate surface area is 154 Å². The van der Waals surface area contributed by atoms with Crippen LogP contribution in [0.2, 0.25) is 0 Å². The maximum atomic E-state index is 14.1. The molecule has 0 saturated heterocycles. The zero-order valence-corrected chi connectivity index (χ0v) is 14.4. The van der Waals surface area contributed by atoms with Gasteiger partial charge in [0.2, 0.25) is 0 Å². The molecular formula is C19H17F2N3O3. The molecule has 6 nitrogen and oxygen atoms in total. The van der Waals surface area contributed by atoms with Crippen LogP contribution in [-0.2, 0) is 5.92 Å². The predicted molar refractivity (Wildman–Crippen MR) is 95.4 cm³/mol. The van der Waals surface area contributed by atoms with Gasteiger partial charge in [0.05, 0.1) is 5.69 Å². The van der Waals surface area contributed by atoms with Gasteiger partial charge >= 0.3 is 12.0 Å². The van der Waals surface area contributed by atoms with Gasteiger partial charge in [-0.1, -0.05) is 36.4 Å². The van der Waals surface area contributed by atoms with Crippen LogP contribution in [0.4, 0.5) is 19.4 Å². The Hall–Kier alpha value is -3.26. The molecule has 3 aromatic rings. The van der Waals surface area contributed by atoms with Crippen molar-refractivity contribution in [3.63, 3.8) is 0 Å². The predicted octanol–water partition coefficient (Wildman–Crippen LogP) is 3.88. The summed E-state index contributed by atoms with van der Waals surface area (Å²) in [5.74, 6) is -3.21. The largest absolute Gasteiger partial charge is 0.418 e. The van der Waals surface area contributed by atoms with E-state index in [1.807, 2.05) is 0 Å². The van der Waals surface area contributed by atoms with Gasteiger partial charge in [-0.25, -0.2) is 9.48 Å². The highest BCUT2D eigenvalue weighted by molar-refractivity contribution is 5.86. The van der Waals surface area contributed by atoms with Gasteiger partial charge in [-0.2, -0.15) is 13.9 Å². The van der Waals surface area contributed by atoms with E-state index in [4.69, 9.17) is 9.84 Å². The van der Waals surface area contributed by atoms with Crippen LogP contribution in [0.3, 0.4) is 0 Å². The fraction of sp³-hybridized carbons (Fsp3) is 0.158. The molecule has 1 amide bonds. The number of carbonyl (C=O) groups excluding carboxylic acids is 1. The summed E-state index contributed by atoms with van der Waals surface area (Å²) in [4.78, 5) is 12.2. The fourth-order valence-corrected chi connectivity index (χ4v) is 2.54. The summed E-state index contributed by atoms with van der Waals surface area (Å²) < 4.78 is 34.5. The second kappa shape index (κ2) is 7.55. The first-order valence-electron chi connectivity index (χ1n) is 8.10. The molecule has 0 fully saturated rings. The molecule has 0 unspecified atom stereocenters. The molecule has 27 heavy (non-hydrogen) atoms. The van der Waals surface area contributed by atoms with Crippen LogP contribution in [0.1, 0.15) is 11.3 Å². The van der Waals surface area contributed by atoms with Gasteiger partial charge in [0, 0.05) is 5.56 Å². The Morgan fingerprint density at radius 3 is 2.33 bits per heavy atom.